The van der Waals surface area contributed by atoms with E-state index in [0.29, 0.717) is 25.3 Å². The number of amides is 1. The van der Waals surface area contributed by atoms with Gasteiger partial charge in [-0.15, -0.1) is 0 Å². The molecule has 1 amide bonds. The number of sulfonamides is 1. The molecule has 0 radical (unpaired) electrons. The lowest BCUT2D eigenvalue weighted by atomic mass is 9.98. The highest BCUT2D eigenvalue weighted by Crippen LogP contribution is 2.24. The molecule has 1 heterocycles. The third-order valence-corrected chi connectivity index (χ3v) is 6.73. The predicted molar refractivity (Wildman–Crippen MR) is 122 cm³/mol. The summed E-state index contributed by atoms with van der Waals surface area (Å²) in [5, 5.41) is 2.92. The Morgan fingerprint density at radius 3 is 2.53 bits per heavy atom. The van der Waals surface area contributed by atoms with Gasteiger partial charge in [-0.1, -0.05) is 44.5 Å². The summed E-state index contributed by atoms with van der Waals surface area (Å²) in [5.41, 5.74) is 1.40. The molecule has 0 bridgehead atoms. The number of aliphatic imine (C=N–C) groups is 1. The van der Waals surface area contributed by atoms with Gasteiger partial charge >= 0.3 is 0 Å². The largest absolute Gasteiger partial charge is 0.491 e. The van der Waals surface area contributed by atoms with Gasteiger partial charge in [0.1, 0.15) is 24.2 Å². The molecule has 1 aliphatic rings. The lowest BCUT2D eigenvalue weighted by molar-refractivity contribution is -0.123. The number of rotatable bonds is 10. The fraction of sp³-hybridized carbons (Fsp3) is 0.391. The number of hydrogen-bond acceptors (Lipinski definition) is 6. The number of nitrogens with zero attached hydrogens (tertiary/aromatic N) is 1. The topological polar surface area (TPSA) is 106 Å². The molecule has 0 aliphatic carbocycles. The summed E-state index contributed by atoms with van der Waals surface area (Å²) in [5.74, 6) is 0.610. The summed E-state index contributed by atoms with van der Waals surface area (Å²) < 4.78 is 37.7. The number of nitrogens with one attached hydrogen (secondary N) is 2. The van der Waals surface area contributed by atoms with Crippen LogP contribution in [-0.2, 0) is 26.1 Å². The second-order valence-electron chi connectivity index (χ2n) is 7.61. The first-order valence-corrected chi connectivity index (χ1v) is 12.0. The summed E-state index contributed by atoms with van der Waals surface area (Å²) in [6.07, 6.45) is 0.719. The molecule has 0 aromatic heterocycles. The second kappa shape index (κ2) is 10.6. The minimum absolute atomic E-state index is 0.0728. The number of ether oxygens (including phenoxy) is 2. The first-order chi connectivity index (χ1) is 15.4. The molecule has 1 aliphatic heterocycles. The van der Waals surface area contributed by atoms with E-state index in [1.807, 2.05) is 38.1 Å². The van der Waals surface area contributed by atoms with Crippen LogP contribution < -0.4 is 14.8 Å². The monoisotopic (exact) mass is 459 g/mol. The van der Waals surface area contributed by atoms with E-state index >= 15 is 0 Å². The van der Waals surface area contributed by atoms with E-state index in [4.69, 9.17) is 9.47 Å². The minimum Gasteiger partial charge on any atom is -0.491 e. The number of carbonyl (C=O) groups is 1. The van der Waals surface area contributed by atoms with E-state index in [0.717, 1.165) is 17.7 Å². The quantitative estimate of drug-likeness (QED) is 0.531. The van der Waals surface area contributed by atoms with Crippen LogP contribution in [0.4, 0.5) is 0 Å². The molecule has 3 rings (SSSR count). The fourth-order valence-corrected chi connectivity index (χ4v) is 4.52. The van der Waals surface area contributed by atoms with Gasteiger partial charge in [0.15, 0.2) is 0 Å². The average Bonchev–Trinajstić information content (AvgIpc) is 3.06. The summed E-state index contributed by atoms with van der Waals surface area (Å²) in [7, 11) is -2.04. The SMILES string of the molecule is CC[C@H](C)[C@H](N=C1NS(=O)(=O)c2ccccc21)C(=O)NCc1ccc(OCCOC)cc1. The zero-order valence-corrected chi connectivity index (χ0v) is 19.3. The van der Waals surface area contributed by atoms with Gasteiger partial charge in [0.25, 0.3) is 10.0 Å². The molecular weight excluding hydrogens is 430 g/mol. The molecule has 0 fully saturated rings. The van der Waals surface area contributed by atoms with Crippen molar-refractivity contribution in [3.63, 3.8) is 0 Å². The maximum absolute atomic E-state index is 13.0. The number of amidine groups is 1. The van der Waals surface area contributed by atoms with Crippen LogP contribution >= 0.6 is 0 Å². The molecule has 2 atom stereocenters. The summed E-state index contributed by atoms with van der Waals surface area (Å²) in [6.45, 7) is 5.21. The van der Waals surface area contributed by atoms with E-state index in [-0.39, 0.29) is 22.6 Å². The lowest BCUT2D eigenvalue weighted by Gasteiger charge is -2.19. The highest BCUT2D eigenvalue weighted by molar-refractivity contribution is 7.90. The van der Waals surface area contributed by atoms with Crippen molar-refractivity contribution < 1.29 is 22.7 Å². The van der Waals surface area contributed by atoms with E-state index in [1.54, 1.807) is 25.3 Å². The van der Waals surface area contributed by atoms with Crippen LogP contribution in [0, 0.1) is 5.92 Å². The average molecular weight is 460 g/mol. The van der Waals surface area contributed by atoms with Crippen LogP contribution in [-0.4, -0.2) is 46.5 Å². The van der Waals surface area contributed by atoms with Crippen molar-refractivity contribution in [1.29, 1.82) is 0 Å². The van der Waals surface area contributed by atoms with Gasteiger partial charge in [-0.05, 0) is 35.7 Å². The molecule has 32 heavy (non-hydrogen) atoms. The van der Waals surface area contributed by atoms with Gasteiger partial charge in [-0.2, -0.15) is 0 Å². The third kappa shape index (κ3) is 5.66. The number of hydrogen-bond donors (Lipinski definition) is 2. The summed E-state index contributed by atoms with van der Waals surface area (Å²) in [6, 6.07) is 13.4. The number of benzene rings is 2. The standard InChI is InChI=1S/C23H29N3O5S/c1-4-16(2)21(25-22-19-7-5-6-8-20(19)32(28,29)26-22)23(27)24-15-17-9-11-18(12-10-17)31-14-13-30-3/h5-12,16,21H,4,13-15H2,1-3H3,(H,24,27)(H,25,26)/t16-,21-/m0/s1. The number of methoxy groups -OCH3 is 1. The van der Waals surface area contributed by atoms with Crippen molar-refractivity contribution in [2.45, 2.75) is 37.8 Å². The van der Waals surface area contributed by atoms with Crippen molar-refractivity contribution in [3.8, 4) is 5.75 Å². The van der Waals surface area contributed by atoms with Gasteiger partial charge < -0.3 is 14.8 Å². The zero-order valence-electron chi connectivity index (χ0n) is 18.5. The van der Waals surface area contributed by atoms with Gasteiger partial charge in [0, 0.05) is 19.2 Å². The van der Waals surface area contributed by atoms with E-state index in [1.165, 1.54) is 6.07 Å². The molecule has 2 N–H and O–H groups in total. The molecule has 2 aromatic carbocycles. The maximum atomic E-state index is 13.0. The third-order valence-electron chi connectivity index (χ3n) is 5.33. The van der Waals surface area contributed by atoms with Crippen molar-refractivity contribution in [3.05, 3.63) is 59.7 Å². The molecule has 0 saturated carbocycles. The van der Waals surface area contributed by atoms with Gasteiger partial charge in [-0.25, -0.2) is 8.42 Å². The Balaban J connectivity index is 1.71. The molecule has 8 nitrogen and oxygen atoms in total. The van der Waals surface area contributed by atoms with Gasteiger partial charge in [0.2, 0.25) is 5.91 Å². The van der Waals surface area contributed by atoms with Crippen molar-refractivity contribution in [1.82, 2.24) is 10.0 Å². The number of fused-ring (bicyclic) bond motifs is 1. The summed E-state index contributed by atoms with van der Waals surface area (Å²) in [4.78, 5) is 17.7. The van der Waals surface area contributed by atoms with Crippen LogP contribution in [0.3, 0.4) is 0 Å². The Morgan fingerprint density at radius 1 is 1.12 bits per heavy atom. The van der Waals surface area contributed by atoms with Crippen LogP contribution in [0.2, 0.25) is 0 Å². The van der Waals surface area contributed by atoms with Crippen LogP contribution in [0.1, 0.15) is 31.4 Å². The minimum atomic E-state index is -3.66. The molecule has 2 aromatic rings. The highest BCUT2D eigenvalue weighted by Gasteiger charge is 2.33. The van der Waals surface area contributed by atoms with Crippen LogP contribution in [0.5, 0.6) is 5.75 Å². The normalized spacial score (nSPS) is 17.3. The lowest BCUT2D eigenvalue weighted by Crippen LogP contribution is -2.38. The van der Waals surface area contributed by atoms with E-state index < -0.39 is 16.1 Å². The Kier molecular flexibility index (Phi) is 7.87. The molecular formula is C23H29N3O5S. The Morgan fingerprint density at radius 2 is 1.84 bits per heavy atom. The fourth-order valence-electron chi connectivity index (χ4n) is 3.28. The molecule has 0 spiro atoms. The second-order valence-corrected chi connectivity index (χ2v) is 9.26. The van der Waals surface area contributed by atoms with E-state index in [2.05, 4.69) is 15.0 Å². The smallest absolute Gasteiger partial charge is 0.263 e. The molecule has 0 saturated heterocycles. The Hall–Kier alpha value is -2.91. The van der Waals surface area contributed by atoms with Gasteiger partial charge in [0.05, 0.1) is 11.5 Å². The first-order valence-electron chi connectivity index (χ1n) is 10.5. The Bertz CT molecular complexity index is 1070. The first kappa shape index (κ1) is 23.7. The molecule has 9 heteroatoms. The zero-order chi connectivity index (χ0) is 23.1. The number of carbonyl (C=O) groups excluding carboxylic acids is 1. The van der Waals surface area contributed by atoms with E-state index in [9.17, 15) is 13.2 Å². The molecule has 0 unspecified atom stereocenters. The van der Waals surface area contributed by atoms with Crippen molar-refractivity contribution in [2.75, 3.05) is 20.3 Å². The van der Waals surface area contributed by atoms with Crippen LogP contribution in [0.25, 0.3) is 0 Å². The maximum Gasteiger partial charge on any atom is 0.263 e. The van der Waals surface area contributed by atoms with Crippen molar-refractivity contribution >= 4 is 21.8 Å². The van der Waals surface area contributed by atoms with Crippen LogP contribution in [0.15, 0.2) is 58.4 Å². The predicted octanol–water partition coefficient (Wildman–Crippen LogP) is 2.48. The van der Waals surface area contributed by atoms with Crippen molar-refractivity contribution in [2.24, 2.45) is 10.9 Å². The summed E-state index contributed by atoms with van der Waals surface area (Å²) >= 11 is 0. The Labute approximate surface area is 189 Å². The van der Waals surface area contributed by atoms with Gasteiger partial charge in [-0.3, -0.25) is 14.5 Å². The molecule has 172 valence electrons. The highest BCUT2D eigenvalue weighted by atomic mass is 32.2.